The van der Waals surface area contributed by atoms with Gasteiger partial charge in [0.05, 0.1) is 0 Å². The third-order valence-electron chi connectivity index (χ3n) is 4.20. The quantitative estimate of drug-likeness (QED) is 0.450. The summed E-state index contributed by atoms with van der Waals surface area (Å²) in [7, 11) is 0. The topological polar surface area (TPSA) is 30.9 Å². The van der Waals surface area contributed by atoms with Crippen LogP contribution < -0.4 is 5.73 Å². The van der Waals surface area contributed by atoms with E-state index in [2.05, 4.69) is 0 Å². The van der Waals surface area contributed by atoms with Crippen LogP contribution in [-0.4, -0.2) is 16.0 Å². The molecular weight excluding hydrogens is 364 g/mol. The van der Waals surface area contributed by atoms with Gasteiger partial charge in [-0.15, -0.1) is 0 Å². The predicted octanol–water partition coefficient (Wildman–Crippen LogP) is 5.54. The first-order valence-corrected chi connectivity index (χ1v) is 8.37. The van der Waals surface area contributed by atoms with Gasteiger partial charge in [0.1, 0.15) is 4.99 Å². The molecule has 2 aromatic carbocycles. The molecule has 136 valence electrons. The summed E-state index contributed by atoms with van der Waals surface area (Å²) in [6, 6.07) is 11.5. The van der Waals surface area contributed by atoms with E-state index in [4.69, 9.17) is 18.0 Å². The Hall–Kier alpha value is -2.41. The summed E-state index contributed by atoms with van der Waals surface area (Å²) < 4.78 is 53.0. The molecule has 1 aromatic heterocycles. The number of alkyl halides is 4. The lowest BCUT2D eigenvalue weighted by atomic mass is 10.0. The van der Waals surface area contributed by atoms with Crippen LogP contribution in [0.4, 0.5) is 17.6 Å². The van der Waals surface area contributed by atoms with Gasteiger partial charge in [-0.2, -0.15) is 0 Å². The summed E-state index contributed by atoms with van der Waals surface area (Å²) in [5, 5.41) is 0.712. The molecule has 0 amide bonds. The number of benzene rings is 2. The van der Waals surface area contributed by atoms with Crippen molar-refractivity contribution in [2.24, 2.45) is 5.73 Å². The average Bonchev–Trinajstić information content (AvgIpc) is 2.98. The van der Waals surface area contributed by atoms with Crippen LogP contribution in [0.2, 0.25) is 0 Å². The number of thiocarbonyl (C=S) groups is 1. The Kier molecular flexibility index (Phi) is 5.27. The fourth-order valence-electron chi connectivity index (χ4n) is 2.94. The predicted molar refractivity (Wildman–Crippen MR) is 98.8 cm³/mol. The molecule has 0 spiro atoms. The van der Waals surface area contributed by atoms with Crippen molar-refractivity contribution in [1.82, 2.24) is 4.57 Å². The highest BCUT2D eigenvalue weighted by atomic mass is 32.1. The minimum Gasteiger partial charge on any atom is -0.389 e. The smallest absolute Gasteiger partial charge is 0.263 e. The number of aryl methyl sites for hydroxylation is 1. The molecule has 0 aliphatic heterocycles. The van der Waals surface area contributed by atoms with Gasteiger partial charge in [-0.1, -0.05) is 42.5 Å². The van der Waals surface area contributed by atoms with Crippen molar-refractivity contribution in [1.29, 1.82) is 0 Å². The van der Waals surface area contributed by atoms with Gasteiger partial charge in [0.2, 0.25) is 6.43 Å². The molecule has 0 aliphatic carbocycles. The molecule has 2 nitrogen and oxygen atoms in total. The van der Waals surface area contributed by atoms with Gasteiger partial charge >= 0.3 is 0 Å². The molecule has 0 saturated carbocycles. The van der Waals surface area contributed by atoms with E-state index < -0.39 is 12.9 Å². The van der Waals surface area contributed by atoms with Crippen molar-refractivity contribution < 1.29 is 17.6 Å². The number of halogens is 4. The van der Waals surface area contributed by atoms with E-state index in [9.17, 15) is 17.6 Å². The monoisotopic (exact) mass is 380 g/mol. The fourth-order valence-corrected chi connectivity index (χ4v) is 3.06. The zero-order valence-corrected chi connectivity index (χ0v) is 14.4. The summed E-state index contributed by atoms with van der Waals surface area (Å²) in [6.07, 6.45) is -3.73. The maximum atomic E-state index is 13.1. The molecule has 26 heavy (non-hydrogen) atoms. The van der Waals surface area contributed by atoms with Gasteiger partial charge in [-0.3, -0.25) is 0 Å². The van der Waals surface area contributed by atoms with E-state index in [1.54, 1.807) is 35.0 Å². The number of fused-ring (bicyclic) bond motifs is 1. The minimum absolute atomic E-state index is 0.0375. The third kappa shape index (κ3) is 3.72. The molecule has 0 bridgehead atoms. The van der Waals surface area contributed by atoms with Crippen LogP contribution in [-0.2, 0) is 6.54 Å². The highest BCUT2D eigenvalue weighted by molar-refractivity contribution is 7.80. The lowest BCUT2D eigenvalue weighted by Crippen LogP contribution is -2.08. The van der Waals surface area contributed by atoms with Crippen molar-refractivity contribution in [3.63, 3.8) is 0 Å². The number of hydrogen-bond acceptors (Lipinski definition) is 1. The first kappa shape index (κ1) is 18.4. The first-order valence-electron chi connectivity index (χ1n) is 7.96. The van der Waals surface area contributed by atoms with Gasteiger partial charge in [0, 0.05) is 46.8 Å². The normalized spacial score (nSPS) is 11.6. The number of nitrogens with two attached hydrogens (primary N) is 1. The number of aromatic nitrogens is 1. The standard InChI is InChI=1S/C19H16F4N2S/c20-17(21)6-7-25-10-15(11-2-1-3-13(8-11)19(24)26)14-5-4-12(18(22)23)9-16(14)25/h1-5,8-10,17-18H,6-7H2,(H2,24,26). The van der Waals surface area contributed by atoms with Crippen LogP contribution in [0.3, 0.4) is 0 Å². The molecule has 0 radical (unpaired) electrons. The fraction of sp³-hybridized carbons (Fsp3) is 0.211. The molecule has 0 saturated heterocycles. The molecule has 7 heteroatoms. The van der Waals surface area contributed by atoms with Gasteiger partial charge in [-0.05, 0) is 17.7 Å². The Morgan fingerprint density at radius 2 is 1.85 bits per heavy atom. The highest BCUT2D eigenvalue weighted by Crippen LogP contribution is 2.34. The van der Waals surface area contributed by atoms with E-state index in [1.165, 1.54) is 12.1 Å². The van der Waals surface area contributed by atoms with Crippen molar-refractivity contribution >= 4 is 28.1 Å². The van der Waals surface area contributed by atoms with Crippen molar-refractivity contribution in [3.8, 4) is 11.1 Å². The van der Waals surface area contributed by atoms with Gasteiger partial charge in [0.15, 0.2) is 0 Å². The van der Waals surface area contributed by atoms with E-state index in [-0.39, 0.29) is 23.5 Å². The van der Waals surface area contributed by atoms with E-state index in [0.29, 0.717) is 16.5 Å². The summed E-state index contributed by atoms with van der Waals surface area (Å²) in [5.74, 6) is 0. The second-order valence-corrected chi connectivity index (χ2v) is 6.38. The summed E-state index contributed by atoms with van der Waals surface area (Å²) in [4.78, 5) is 0.244. The Bertz CT molecular complexity index is 950. The SMILES string of the molecule is NC(=S)c1cccc(-c2cn(CCC(F)F)c3cc(C(F)F)ccc23)c1. The van der Waals surface area contributed by atoms with Crippen LogP contribution >= 0.6 is 12.2 Å². The first-order chi connectivity index (χ1) is 12.4. The summed E-state index contributed by atoms with van der Waals surface area (Å²) >= 11 is 4.99. The second kappa shape index (κ2) is 7.45. The lowest BCUT2D eigenvalue weighted by Gasteiger charge is -2.06. The molecule has 0 atom stereocenters. The van der Waals surface area contributed by atoms with Crippen LogP contribution in [0.25, 0.3) is 22.0 Å². The second-order valence-electron chi connectivity index (χ2n) is 5.94. The maximum absolute atomic E-state index is 13.1. The molecule has 2 N–H and O–H groups in total. The zero-order chi connectivity index (χ0) is 18.8. The van der Waals surface area contributed by atoms with Crippen LogP contribution in [0.1, 0.15) is 24.0 Å². The molecule has 0 unspecified atom stereocenters. The van der Waals surface area contributed by atoms with Gasteiger partial charge < -0.3 is 10.3 Å². The largest absolute Gasteiger partial charge is 0.389 e. The highest BCUT2D eigenvalue weighted by Gasteiger charge is 2.15. The Balaban J connectivity index is 2.16. The Morgan fingerprint density at radius 1 is 1.08 bits per heavy atom. The van der Waals surface area contributed by atoms with Crippen LogP contribution in [0, 0.1) is 0 Å². The van der Waals surface area contributed by atoms with Crippen molar-refractivity contribution in [3.05, 3.63) is 59.8 Å². The van der Waals surface area contributed by atoms with E-state index in [1.807, 2.05) is 6.07 Å². The minimum atomic E-state index is -2.63. The number of nitrogens with zero attached hydrogens (tertiary/aromatic N) is 1. The Labute approximate surface area is 153 Å². The van der Waals surface area contributed by atoms with Crippen LogP contribution in [0.5, 0.6) is 0 Å². The summed E-state index contributed by atoms with van der Waals surface area (Å²) in [5.41, 5.74) is 8.26. The zero-order valence-electron chi connectivity index (χ0n) is 13.6. The molecule has 3 rings (SSSR count). The molecule has 0 aliphatic rings. The molecule has 3 aromatic rings. The third-order valence-corrected chi connectivity index (χ3v) is 4.44. The number of hydrogen-bond donors (Lipinski definition) is 1. The molecular formula is C19H16F4N2S. The average molecular weight is 380 g/mol. The Morgan fingerprint density at radius 3 is 2.50 bits per heavy atom. The van der Waals surface area contributed by atoms with Gasteiger partial charge in [-0.25, -0.2) is 17.6 Å². The van der Waals surface area contributed by atoms with Gasteiger partial charge in [0.25, 0.3) is 6.43 Å². The van der Waals surface area contributed by atoms with Crippen molar-refractivity contribution in [2.75, 3.05) is 0 Å². The molecule has 0 fully saturated rings. The molecule has 1 heterocycles. The maximum Gasteiger partial charge on any atom is 0.263 e. The van der Waals surface area contributed by atoms with Crippen molar-refractivity contribution in [2.45, 2.75) is 25.8 Å². The lowest BCUT2D eigenvalue weighted by molar-refractivity contribution is 0.132. The van der Waals surface area contributed by atoms with Crippen LogP contribution in [0.15, 0.2) is 48.7 Å². The van der Waals surface area contributed by atoms with E-state index in [0.717, 1.165) is 11.1 Å². The number of rotatable bonds is 6. The summed E-state index contributed by atoms with van der Waals surface area (Å²) in [6.45, 7) is 0.0375. The van der Waals surface area contributed by atoms with E-state index >= 15 is 0 Å².